The Morgan fingerprint density at radius 3 is 2.46 bits per heavy atom. The third-order valence-electron chi connectivity index (χ3n) is 4.43. The van der Waals surface area contributed by atoms with E-state index in [0.717, 1.165) is 40.4 Å². The van der Waals surface area contributed by atoms with Gasteiger partial charge in [-0.25, -0.2) is 9.97 Å². The SMILES string of the molecule is CCc1cc(/C=C/C#N)cc(CC)c1-c1cccc2c(N)nc(Cl)nc12. The van der Waals surface area contributed by atoms with Crippen LogP contribution in [0.4, 0.5) is 5.82 Å². The second-order valence-corrected chi connectivity index (χ2v) is 6.30. The Morgan fingerprint density at radius 2 is 1.85 bits per heavy atom. The molecule has 0 aliphatic carbocycles. The molecule has 130 valence electrons. The van der Waals surface area contributed by atoms with Crippen LogP contribution in [0.1, 0.15) is 30.5 Å². The molecule has 0 saturated carbocycles. The first-order valence-electron chi connectivity index (χ1n) is 8.53. The van der Waals surface area contributed by atoms with Gasteiger partial charge in [0.25, 0.3) is 0 Å². The molecule has 0 aliphatic rings. The summed E-state index contributed by atoms with van der Waals surface area (Å²) in [4.78, 5) is 8.51. The molecule has 0 radical (unpaired) electrons. The fraction of sp³-hybridized carbons (Fsp3) is 0.190. The number of rotatable bonds is 4. The average Bonchev–Trinajstić information content (AvgIpc) is 2.65. The van der Waals surface area contributed by atoms with E-state index in [1.165, 1.54) is 17.2 Å². The average molecular weight is 363 g/mol. The zero-order valence-corrected chi connectivity index (χ0v) is 15.5. The Kier molecular flexibility index (Phi) is 5.20. The molecule has 0 atom stereocenters. The van der Waals surface area contributed by atoms with E-state index in [-0.39, 0.29) is 5.28 Å². The second-order valence-electron chi connectivity index (χ2n) is 5.96. The summed E-state index contributed by atoms with van der Waals surface area (Å²) in [6, 6.07) is 12.2. The van der Waals surface area contributed by atoms with E-state index < -0.39 is 0 Å². The van der Waals surface area contributed by atoms with Crippen molar-refractivity contribution in [2.75, 3.05) is 5.73 Å². The van der Waals surface area contributed by atoms with E-state index >= 15 is 0 Å². The van der Waals surface area contributed by atoms with Gasteiger partial charge in [-0.15, -0.1) is 0 Å². The predicted octanol–water partition coefficient (Wildman–Crippen LogP) is 5.19. The molecule has 0 spiro atoms. The van der Waals surface area contributed by atoms with Gasteiger partial charge in [-0.2, -0.15) is 5.26 Å². The van der Waals surface area contributed by atoms with Crippen LogP contribution in [0.25, 0.3) is 28.1 Å². The van der Waals surface area contributed by atoms with Crippen LogP contribution >= 0.6 is 11.6 Å². The van der Waals surface area contributed by atoms with Crippen LogP contribution in [0.3, 0.4) is 0 Å². The highest BCUT2D eigenvalue weighted by Crippen LogP contribution is 2.36. The number of para-hydroxylation sites is 1. The van der Waals surface area contributed by atoms with Crippen molar-refractivity contribution in [3.05, 3.63) is 58.4 Å². The summed E-state index contributed by atoms with van der Waals surface area (Å²) in [5.41, 5.74) is 12.4. The molecule has 0 aliphatic heterocycles. The highest BCUT2D eigenvalue weighted by molar-refractivity contribution is 6.29. The van der Waals surface area contributed by atoms with Crippen molar-refractivity contribution in [3.8, 4) is 17.2 Å². The van der Waals surface area contributed by atoms with Gasteiger partial charge in [-0.1, -0.05) is 38.1 Å². The van der Waals surface area contributed by atoms with Crippen LogP contribution in [0, 0.1) is 11.3 Å². The standard InChI is InChI=1S/C21H19ClN4/c1-3-14-11-13(7-6-10-23)12-15(4-2)18(14)16-8-5-9-17-19(16)25-21(22)26-20(17)24/h5-9,11-12H,3-4H2,1-2H3,(H2,24,25,26)/b7-6+. The maximum atomic E-state index is 8.81. The summed E-state index contributed by atoms with van der Waals surface area (Å²) in [7, 11) is 0. The van der Waals surface area contributed by atoms with Gasteiger partial charge in [0.15, 0.2) is 0 Å². The molecule has 0 amide bonds. The number of hydrogen-bond donors (Lipinski definition) is 1. The molecule has 3 aromatic rings. The quantitative estimate of drug-likeness (QED) is 0.511. The number of nitrogens with two attached hydrogens (primary N) is 1. The summed E-state index contributed by atoms with van der Waals surface area (Å²) < 4.78 is 0. The summed E-state index contributed by atoms with van der Waals surface area (Å²) in [5.74, 6) is 0.381. The number of anilines is 1. The summed E-state index contributed by atoms with van der Waals surface area (Å²) in [6.07, 6.45) is 5.06. The molecule has 4 nitrogen and oxygen atoms in total. The zero-order valence-electron chi connectivity index (χ0n) is 14.8. The number of benzene rings is 2. The van der Waals surface area contributed by atoms with Gasteiger partial charge in [0.1, 0.15) is 5.82 Å². The number of hydrogen-bond acceptors (Lipinski definition) is 4. The van der Waals surface area contributed by atoms with Crippen LogP contribution in [-0.2, 0) is 12.8 Å². The lowest BCUT2D eigenvalue weighted by Gasteiger charge is -2.17. The van der Waals surface area contributed by atoms with Gasteiger partial charge in [0, 0.05) is 17.0 Å². The van der Waals surface area contributed by atoms with Crippen molar-refractivity contribution in [1.29, 1.82) is 5.26 Å². The Balaban J connectivity index is 2.35. The molecule has 0 bridgehead atoms. The van der Waals surface area contributed by atoms with E-state index in [2.05, 4.69) is 35.9 Å². The van der Waals surface area contributed by atoms with Gasteiger partial charge in [0.2, 0.25) is 5.28 Å². The van der Waals surface area contributed by atoms with Crippen molar-refractivity contribution < 1.29 is 0 Å². The lowest BCUT2D eigenvalue weighted by molar-refractivity contribution is 1.09. The lowest BCUT2D eigenvalue weighted by atomic mass is 9.88. The molecule has 2 aromatic carbocycles. The molecule has 5 heteroatoms. The fourth-order valence-electron chi connectivity index (χ4n) is 3.28. The molecule has 3 rings (SSSR count). The Bertz CT molecular complexity index is 1020. The molecular weight excluding hydrogens is 344 g/mol. The highest BCUT2D eigenvalue weighted by atomic mass is 35.5. The third kappa shape index (κ3) is 3.26. The van der Waals surface area contributed by atoms with E-state index in [1.54, 1.807) is 0 Å². The molecule has 26 heavy (non-hydrogen) atoms. The first-order chi connectivity index (χ1) is 12.6. The van der Waals surface area contributed by atoms with Crippen LogP contribution in [0.2, 0.25) is 5.28 Å². The molecule has 0 saturated heterocycles. The summed E-state index contributed by atoms with van der Waals surface area (Å²) in [6.45, 7) is 4.25. The molecule has 1 aromatic heterocycles. The topological polar surface area (TPSA) is 75.6 Å². The smallest absolute Gasteiger partial charge is 0.224 e. The van der Waals surface area contributed by atoms with Crippen molar-refractivity contribution in [2.45, 2.75) is 26.7 Å². The van der Waals surface area contributed by atoms with Crippen LogP contribution in [-0.4, -0.2) is 9.97 Å². The fourth-order valence-corrected chi connectivity index (χ4v) is 3.45. The van der Waals surface area contributed by atoms with Crippen molar-refractivity contribution in [1.82, 2.24) is 9.97 Å². The largest absolute Gasteiger partial charge is 0.383 e. The third-order valence-corrected chi connectivity index (χ3v) is 4.60. The second kappa shape index (κ2) is 7.55. The number of allylic oxidation sites excluding steroid dienone is 1. The monoisotopic (exact) mass is 362 g/mol. The van der Waals surface area contributed by atoms with E-state index in [4.69, 9.17) is 22.6 Å². The minimum atomic E-state index is 0.145. The molecule has 0 unspecified atom stereocenters. The number of nitrogen functional groups attached to an aromatic ring is 1. The Hall–Kier alpha value is -2.90. The molecule has 0 fully saturated rings. The van der Waals surface area contributed by atoms with Crippen LogP contribution < -0.4 is 5.73 Å². The normalized spacial score (nSPS) is 11.2. The van der Waals surface area contributed by atoms with Gasteiger partial charge < -0.3 is 5.73 Å². The maximum Gasteiger partial charge on any atom is 0.224 e. The first kappa shape index (κ1) is 17.9. The molecule has 2 N–H and O–H groups in total. The minimum absolute atomic E-state index is 0.145. The first-order valence-corrected chi connectivity index (χ1v) is 8.90. The molecular formula is C21H19ClN4. The van der Waals surface area contributed by atoms with Crippen LogP contribution in [0.5, 0.6) is 0 Å². The number of aromatic nitrogens is 2. The maximum absolute atomic E-state index is 8.81. The van der Waals surface area contributed by atoms with Crippen LogP contribution in [0.15, 0.2) is 36.4 Å². The predicted molar refractivity (Wildman–Crippen MR) is 108 cm³/mol. The summed E-state index contributed by atoms with van der Waals surface area (Å²) >= 11 is 6.07. The van der Waals surface area contributed by atoms with E-state index in [1.807, 2.05) is 30.3 Å². The van der Waals surface area contributed by atoms with Crippen molar-refractivity contribution >= 4 is 34.4 Å². The number of nitrogens with zero attached hydrogens (tertiary/aromatic N) is 3. The van der Waals surface area contributed by atoms with Crippen molar-refractivity contribution in [2.24, 2.45) is 0 Å². The van der Waals surface area contributed by atoms with Gasteiger partial charge >= 0.3 is 0 Å². The van der Waals surface area contributed by atoms with E-state index in [9.17, 15) is 0 Å². The number of halogens is 1. The van der Waals surface area contributed by atoms with Crippen molar-refractivity contribution in [3.63, 3.8) is 0 Å². The number of nitriles is 1. The number of fused-ring (bicyclic) bond motifs is 1. The summed E-state index contributed by atoms with van der Waals surface area (Å²) in [5, 5.41) is 9.75. The highest BCUT2D eigenvalue weighted by Gasteiger charge is 2.16. The van der Waals surface area contributed by atoms with Gasteiger partial charge in [0.05, 0.1) is 11.6 Å². The Labute approximate surface area is 158 Å². The lowest BCUT2D eigenvalue weighted by Crippen LogP contribution is -2.00. The number of aryl methyl sites for hydroxylation is 2. The van der Waals surface area contributed by atoms with E-state index in [0.29, 0.717) is 5.82 Å². The Morgan fingerprint density at radius 1 is 1.15 bits per heavy atom. The van der Waals surface area contributed by atoms with Gasteiger partial charge in [-0.05, 0) is 58.8 Å². The minimum Gasteiger partial charge on any atom is -0.383 e. The van der Waals surface area contributed by atoms with Gasteiger partial charge in [-0.3, -0.25) is 0 Å². The zero-order chi connectivity index (χ0) is 18.7. The molecule has 1 heterocycles.